The molecule has 7 heteroatoms. The minimum absolute atomic E-state index is 0.221. The molecule has 0 atom stereocenters. The first kappa shape index (κ1) is 17.5. The van der Waals surface area contributed by atoms with Crippen molar-refractivity contribution in [2.45, 2.75) is 13.1 Å². The van der Waals surface area contributed by atoms with Gasteiger partial charge in [-0.25, -0.2) is 0 Å². The monoisotopic (exact) mass is 336 g/mol. The highest BCUT2D eigenvalue weighted by atomic mass is 19.4. The maximum atomic E-state index is 12.5. The molecular formula is C17H15F3N2O2. The Labute approximate surface area is 136 Å². The highest BCUT2D eigenvalue weighted by Crippen LogP contribution is 2.29. The van der Waals surface area contributed by atoms with Gasteiger partial charge in [0.2, 0.25) is 5.91 Å². The van der Waals surface area contributed by atoms with Gasteiger partial charge in [0.15, 0.2) is 0 Å². The zero-order valence-electron chi connectivity index (χ0n) is 12.8. The van der Waals surface area contributed by atoms with Gasteiger partial charge in [0.25, 0.3) is 5.91 Å². The van der Waals surface area contributed by atoms with Crippen LogP contribution in [0.5, 0.6) is 0 Å². The van der Waals surface area contributed by atoms with Gasteiger partial charge in [0.1, 0.15) is 0 Å². The van der Waals surface area contributed by atoms with Crippen LogP contribution in [0.2, 0.25) is 0 Å². The number of halogens is 3. The predicted molar refractivity (Wildman–Crippen MR) is 83.6 cm³/mol. The minimum atomic E-state index is -4.43. The quantitative estimate of drug-likeness (QED) is 0.899. The van der Waals surface area contributed by atoms with E-state index in [0.29, 0.717) is 5.56 Å². The average molecular weight is 336 g/mol. The molecular weight excluding hydrogens is 321 g/mol. The van der Waals surface area contributed by atoms with E-state index in [4.69, 9.17) is 0 Å². The van der Waals surface area contributed by atoms with Crippen molar-refractivity contribution in [2.75, 3.05) is 11.9 Å². The summed E-state index contributed by atoms with van der Waals surface area (Å²) in [7, 11) is 0. The number of hydrogen-bond acceptors (Lipinski definition) is 2. The summed E-state index contributed by atoms with van der Waals surface area (Å²) in [5.74, 6) is -0.924. The molecule has 0 heterocycles. The van der Waals surface area contributed by atoms with Crippen LogP contribution in [-0.2, 0) is 11.0 Å². The van der Waals surface area contributed by atoms with Gasteiger partial charge in [0, 0.05) is 11.3 Å². The lowest BCUT2D eigenvalue weighted by Crippen LogP contribution is -2.33. The zero-order chi connectivity index (χ0) is 17.7. The Morgan fingerprint density at radius 1 is 1.00 bits per heavy atom. The first-order valence-corrected chi connectivity index (χ1v) is 7.08. The number of benzene rings is 2. The number of hydrogen-bond donors (Lipinski definition) is 2. The molecule has 0 spiro atoms. The van der Waals surface area contributed by atoms with E-state index in [9.17, 15) is 22.8 Å². The molecule has 0 aliphatic rings. The van der Waals surface area contributed by atoms with Crippen LogP contribution in [-0.4, -0.2) is 18.4 Å². The molecule has 0 bridgehead atoms. The third-order valence-electron chi connectivity index (χ3n) is 3.30. The number of carbonyl (C=O) groups excluding carboxylic acids is 2. The number of carbonyl (C=O) groups is 2. The Morgan fingerprint density at radius 2 is 1.62 bits per heavy atom. The first-order valence-electron chi connectivity index (χ1n) is 7.08. The highest BCUT2D eigenvalue weighted by Gasteiger charge is 2.29. The van der Waals surface area contributed by atoms with E-state index in [-0.39, 0.29) is 12.2 Å². The van der Waals surface area contributed by atoms with Crippen LogP contribution >= 0.6 is 0 Å². The maximum Gasteiger partial charge on any atom is 0.416 e. The van der Waals surface area contributed by atoms with Crippen molar-refractivity contribution in [2.24, 2.45) is 0 Å². The molecule has 0 radical (unpaired) electrons. The van der Waals surface area contributed by atoms with Crippen molar-refractivity contribution in [3.05, 3.63) is 65.2 Å². The van der Waals surface area contributed by atoms with E-state index in [1.165, 1.54) is 0 Å². The van der Waals surface area contributed by atoms with Crippen molar-refractivity contribution in [3.8, 4) is 0 Å². The Hall–Kier alpha value is -2.83. The Balaban J connectivity index is 1.90. The number of rotatable bonds is 4. The lowest BCUT2D eigenvalue weighted by Gasteiger charge is -2.10. The summed E-state index contributed by atoms with van der Waals surface area (Å²) in [6.45, 7) is 1.49. The fourth-order valence-corrected chi connectivity index (χ4v) is 2.03. The van der Waals surface area contributed by atoms with Crippen LogP contribution < -0.4 is 10.6 Å². The molecule has 0 aliphatic carbocycles. The van der Waals surface area contributed by atoms with Crippen LogP contribution in [0.15, 0.2) is 48.5 Å². The Morgan fingerprint density at radius 3 is 2.21 bits per heavy atom. The fourth-order valence-electron chi connectivity index (χ4n) is 2.03. The molecule has 2 amide bonds. The lowest BCUT2D eigenvalue weighted by molar-refractivity contribution is -0.137. The lowest BCUT2D eigenvalue weighted by atomic mass is 10.1. The summed E-state index contributed by atoms with van der Waals surface area (Å²) in [5, 5.41) is 4.89. The molecule has 2 rings (SSSR count). The third kappa shape index (κ3) is 4.58. The van der Waals surface area contributed by atoms with Gasteiger partial charge in [-0.1, -0.05) is 18.2 Å². The standard InChI is InChI=1S/C17H15F3N2O2/c1-11-4-2-3-5-14(11)16(24)21-10-15(23)22-13-8-6-12(7-9-13)17(18,19)20/h2-9H,10H2,1H3,(H,21,24)(H,22,23). The molecule has 126 valence electrons. The average Bonchev–Trinajstić information content (AvgIpc) is 2.53. The molecule has 4 nitrogen and oxygen atoms in total. The molecule has 0 saturated carbocycles. The molecule has 0 saturated heterocycles. The number of aryl methyl sites for hydroxylation is 1. The van der Waals surface area contributed by atoms with Crippen molar-refractivity contribution in [3.63, 3.8) is 0 Å². The van der Waals surface area contributed by atoms with E-state index in [0.717, 1.165) is 29.8 Å². The van der Waals surface area contributed by atoms with Gasteiger partial charge in [-0.2, -0.15) is 13.2 Å². The third-order valence-corrected chi connectivity index (χ3v) is 3.30. The highest BCUT2D eigenvalue weighted by molar-refractivity contribution is 6.00. The molecule has 2 aromatic rings. The van der Waals surface area contributed by atoms with E-state index < -0.39 is 23.6 Å². The van der Waals surface area contributed by atoms with E-state index >= 15 is 0 Å². The molecule has 0 aliphatic heterocycles. The van der Waals surface area contributed by atoms with E-state index in [1.807, 2.05) is 0 Å². The molecule has 2 N–H and O–H groups in total. The largest absolute Gasteiger partial charge is 0.416 e. The second-order valence-corrected chi connectivity index (χ2v) is 5.12. The van der Waals surface area contributed by atoms with Crippen molar-refractivity contribution in [1.82, 2.24) is 5.32 Å². The summed E-state index contributed by atoms with van der Waals surface area (Å²) >= 11 is 0. The van der Waals surface area contributed by atoms with Crippen LogP contribution in [0, 0.1) is 6.92 Å². The summed E-state index contributed by atoms with van der Waals surface area (Å²) in [5.41, 5.74) is 0.657. The molecule has 0 aromatic heterocycles. The fraction of sp³-hybridized carbons (Fsp3) is 0.176. The van der Waals surface area contributed by atoms with Gasteiger partial charge in [-0.05, 0) is 42.8 Å². The molecule has 0 unspecified atom stereocenters. The Kier molecular flexibility index (Phi) is 5.23. The number of nitrogens with one attached hydrogen (secondary N) is 2. The van der Waals surface area contributed by atoms with Crippen LogP contribution in [0.25, 0.3) is 0 Å². The number of alkyl halides is 3. The van der Waals surface area contributed by atoms with Crippen molar-refractivity contribution >= 4 is 17.5 Å². The maximum absolute atomic E-state index is 12.5. The zero-order valence-corrected chi connectivity index (χ0v) is 12.8. The van der Waals surface area contributed by atoms with Crippen molar-refractivity contribution < 1.29 is 22.8 Å². The summed E-state index contributed by atoms with van der Waals surface area (Å²) in [4.78, 5) is 23.7. The van der Waals surface area contributed by atoms with Crippen LogP contribution in [0.4, 0.5) is 18.9 Å². The van der Waals surface area contributed by atoms with Gasteiger partial charge >= 0.3 is 6.18 Å². The predicted octanol–water partition coefficient (Wildman–Crippen LogP) is 3.38. The van der Waals surface area contributed by atoms with Crippen LogP contribution in [0.3, 0.4) is 0 Å². The summed E-state index contributed by atoms with van der Waals surface area (Å²) < 4.78 is 37.4. The molecule has 24 heavy (non-hydrogen) atoms. The smallest absolute Gasteiger partial charge is 0.343 e. The van der Waals surface area contributed by atoms with Gasteiger partial charge < -0.3 is 10.6 Å². The Bertz CT molecular complexity index is 740. The van der Waals surface area contributed by atoms with E-state index in [1.54, 1.807) is 31.2 Å². The molecule has 0 fully saturated rings. The molecule has 2 aromatic carbocycles. The minimum Gasteiger partial charge on any atom is -0.343 e. The van der Waals surface area contributed by atoms with Crippen LogP contribution in [0.1, 0.15) is 21.5 Å². The number of anilines is 1. The van der Waals surface area contributed by atoms with Crippen molar-refractivity contribution in [1.29, 1.82) is 0 Å². The topological polar surface area (TPSA) is 58.2 Å². The van der Waals surface area contributed by atoms with Gasteiger partial charge in [-0.15, -0.1) is 0 Å². The SMILES string of the molecule is Cc1ccccc1C(=O)NCC(=O)Nc1ccc(C(F)(F)F)cc1. The van der Waals surface area contributed by atoms with Gasteiger partial charge in [0.05, 0.1) is 12.1 Å². The van der Waals surface area contributed by atoms with Gasteiger partial charge in [-0.3, -0.25) is 9.59 Å². The second kappa shape index (κ2) is 7.16. The normalized spacial score (nSPS) is 11.0. The second-order valence-electron chi connectivity index (χ2n) is 5.12. The number of amides is 2. The summed E-state index contributed by atoms with van der Waals surface area (Å²) in [6, 6.07) is 11.0. The summed E-state index contributed by atoms with van der Waals surface area (Å²) in [6.07, 6.45) is -4.43. The van der Waals surface area contributed by atoms with E-state index in [2.05, 4.69) is 10.6 Å². The first-order chi connectivity index (χ1) is 11.3.